The predicted molar refractivity (Wildman–Crippen MR) is 76.2 cm³/mol. The Labute approximate surface area is 115 Å². The van der Waals surface area contributed by atoms with Crippen molar-refractivity contribution in [1.82, 2.24) is 5.43 Å². The fraction of sp³-hybridized carbons (Fsp3) is 0.533. The van der Waals surface area contributed by atoms with E-state index in [1.54, 1.807) is 0 Å². The Hall–Kier alpha value is -1.39. The van der Waals surface area contributed by atoms with Gasteiger partial charge in [0.25, 0.3) is 0 Å². The Balaban J connectivity index is 2.26. The minimum absolute atomic E-state index is 0.183. The molecule has 0 aliphatic carbocycles. The maximum Gasteiger partial charge on any atom is 0.238 e. The summed E-state index contributed by atoms with van der Waals surface area (Å²) in [4.78, 5) is 11.1. The minimum atomic E-state index is -0.183. The van der Waals surface area contributed by atoms with E-state index in [2.05, 4.69) is 19.3 Å². The lowest BCUT2D eigenvalue weighted by atomic mass is 10.1. The fourth-order valence-electron chi connectivity index (χ4n) is 1.77. The average molecular weight is 264 g/mol. The molecule has 0 saturated heterocycles. The van der Waals surface area contributed by atoms with Crippen LogP contribution in [-0.4, -0.2) is 12.5 Å². The van der Waals surface area contributed by atoms with Gasteiger partial charge in [-0.2, -0.15) is 0 Å². The lowest BCUT2D eigenvalue weighted by molar-refractivity contribution is -0.120. The van der Waals surface area contributed by atoms with Gasteiger partial charge in [-0.1, -0.05) is 38.1 Å². The highest BCUT2D eigenvalue weighted by Gasteiger charge is 2.01. The number of benzene rings is 1. The highest BCUT2D eigenvalue weighted by atomic mass is 16.5. The van der Waals surface area contributed by atoms with Gasteiger partial charge in [0.1, 0.15) is 0 Å². The maximum atomic E-state index is 11.1. The Bertz CT molecular complexity index is 374. The summed E-state index contributed by atoms with van der Waals surface area (Å²) in [6, 6.07) is 7.84. The number of hydrogen-bond donors (Lipinski definition) is 2. The van der Waals surface area contributed by atoms with E-state index in [0.29, 0.717) is 13.0 Å². The monoisotopic (exact) mass is 264 g/mol. The summed E-state index contributed by atoms with van der Waals surface area (Å²) in [6.45, 7) is 5.86. The molecule has 106 valence electrons. The third-order valence-corrected chi connectivity index (χ3v) is 2.89. The van der Waals surface area contributed by atoms with Gasteiger partial charge in [-0.05, 0) is 29.9 Å². The number of hydrazine groups is 1. The van der Waals surface area contributed by atoms with E-state index in [1.807, 2.05) is 24.3 Å². The van der Waals surface area contributed by atoms with E-state index in [4.69, 9.17) is 10.6 Å². The Morgan fingerprint density at radius 2 is 1.89 bits per heavy atom. The normalized spacial score (nSPS) is 10.7. The molecule has 4 heteroatoms. The molecule has 4 nitrogen and oxygen atoms in total. The van der Waals surface area contributed by atoms with Gasteiger partial charge < -0.3 is 4.74 Å². The molecule has 0 aromatic heterocycles. The summed E-state index contributed by atoms with van der Waals surface area (Å²) >= 11 is 0. The largest absolute Gasteiger partial charge is 0.377 e. The van der Waals surface area contributed by atoms with E-state index in [0.717, 1.165) is 30.1 Å². The molecule has 0 aliphatic heterocycles. The number of nitrogens with two attached hydrogens (primary N) is 1. The van der Waals surface area contributed by atoms with Crippen LogP contribution in [0.2, 0.25) is 0 Å². The van der Waals surface area contributed by atoms with Gasteiger partial charge in [0.15, 0.2) is 0 Å². The highest BCUT2D eigenvalue weighted by Crippen LogP contribution is 2.08. The van der Waals surface area contributed by atoms with Crippen molar-refractivity contribution < 1.29 is 9.53 Å². The van der Waals surface area contributed by atoms with Gasteiger partial charge in [-0.3, -0.25) is 10.2 Å². The smallest absolute Gasteiger partial charge is 0.238 e. The number of carbonyl (C=O) groups excluding carboxylic acids is 1. The molecule has 0 radical (unpaired) electrons. The van der Waals surface area contributed by atoms with Crippen LogP contribution < -0.4 is 11.3 Å². The van der Waals surface area contributed by atoms with Crippen LogP contribution >= 0.6 is 0 Å². The van der Waals surface area contributed by atoms with Crippen LogP contribution in [0.5, 0.6) is 0 Å². The Morgan fingerprint density at radius 3 is 2.47 bits per heavy atom. The van der Waals surface area contributed by atoms with E-state index in [9.17, 15) is 4.79 Å². The molecule has 1 aromatic carbocycles. The number of rotatable bonds is 8. The maximum absolute atomic E-state index is 11.1. The fourth-order valence-corrected chi connectivity index (χ4v) is 1.77. The van der Waals surface area contributed by atoms with Gasteiger partial charge in [0, 0.05) is 6.61 Å². The Kier molecular flexibility index (Phi) is 7.15. The van der Waals surface area contributed by atoms with Crippen molar-refractivity contribution in [3.05, 3.63) is 35.4 Å². The molecule has 0 atom stereocenters. The molecular formula is C15H24N2O2. The van der Waals surface area contributed by atoms with Crippen LogP contribution in [0, 0.1) is 5.92 Å². The van der Waals surface area contributed by atoms with Crippen molar-refractivity contribution in [3.63, 3.8) is 0 Å². The molecule has 1 rings (SSSR count). The third kappa shape index (κ3) is 6.94. The minimum Gasteiger partial charge on any atom is -0.377 e. The molecule has 0 fully saturated rings. The van der Waals surface area contributed by atoms with Gasteiger partial charge >= 0.3 is 0 Å². The predicted octanol–water partition coefficient (Wildman–Crippen LogP) is 2.17. The Morgan fingerprint density at radius 1 is 1.26 bits per heavy atom. The summed E-state index contributed by atoms with van der Waals surface area (Å²) in [6.07, 6.45) is 2.62. The van der Waals surface area contributed by atoms with Crippen LogP contribution in [0.4, 0.5) is 0 Å². The summed E-state index contributed by atoms with van der Waals surface area (Å²) < 4.78 is 5.61. The van der Waals surface area contributed by atoms with Crippen molar-refractivity contribution in [2.45, 2.75) is 39.7 Å². The summed E-state index contributed by atoms with van der Waals surface area (Å²) in [7, 11) is 0. The first-order valence-electron chi connectivity index (χ1n) is 6.77. The molecule has 19 heavy (non-hydrogen) atoms. The van der Waals surface area contributed by atoms with Gasteiger partial charge in [0.05, 0.1) is 13.0 Å². The standard InChI is InChI=1S/C15H24N2O2/c1-12(2)4-3-9-19-11-14-7-5-13(6-8-14)10-15(18)17-16/h5-8,12H,3-4,9-11,16H2,1-2H3,(H,17,18). The summed E-state index contributed by atoms with van der Waals surface area (Å²) in [5.41, 5.74) is 4.20. The highest BCUT2D eigenvalue weighted by molar-refractivity contribution is 5.77. The molecular weight excluding hydrogens is 240 g/mol. The quantitative estimate of drug-likeness (QED) is 0.327. The molecule has 1 amide bonds. The van der Waals surface area contributed by atoms with Gasteiger partial charge in [0.2, 0.25) is 5.91 Å². The molecule has 0 heterocycles. The SMILES string of the molecule is CC(C)CCCOCc1ccc(CC(=O)NN)cc1. The molecule has 0 saturated carbocycles. The molecule has 0 unspecified atom stereocenters. The van der Waals surface area contributed by atoms with E-state index >= 15 is 0 Å². The van der Waals surface area contributed by atoms with Crippen molar-refractivity contribution in [1.29, 1.82) is 0 Å². The number of ether oxygens (including phenoxy) is 1. The summed E-state index contributed by atoms with van der Waals surface area (Å²) in [5, 5.41) is 0. The van der Waals surface area contributed by atoms with Crippen LogP contribution in [0.15, 0.2) is 24.3 Å². The van der Waals surface area contributed by atoms with Crippen LogP contribution in [0.3, 0.4) is 0 Å². The summed E-state index contributed by atoms with van der Waals surface area (Å²) in [5.74, 6) is 5.60. The average Bonchev–Trinajstić information content (AvgIpc) is 2.39. The topological polar surface area (TPSA) is 64.3 Å². The number of hydrogen-bond acceptors (Lipinski definition) is 3. The van der Waals surface area contributed by atoms with Gasteiger partial charge in [-0.15, -0.1) is 0 Å². The first-order valence-corrected chi connectivity index (χ1v) is 6.77. The third-order valence-electron chi connectivity index (χ3n) is 2.89. The molecule has 1 aromatic rings. The van der Waals surface area contributed by atoms with Crippen molar-refractivity contribution >= 4 is 5.91 Å². The number of amides is 1. The van der Waals surface area contributed by atoms with Crippen molar-refractivity contribution in [2.75, 3.05) is 6.61 Å². The lowest BCUT2D eigenvalue weighted by Crippen LogP contribution is -2.31. The van der Waals surface area contributed by atoms with Gasteiger partial charge in [-0.25, -0.2) is 5.84 Å². The second-order valence-corrected chi connectivity index (χ2v) is 5.15. The zero-order valence-electron chi connectivity index (χ0n) is 11.8. The van der Waals surface area contributed by atoms with E-state index in [1.165, 1.54) is 6.42 Å². The second kappa shape index (κ2) is 8.67. The van der Waals surface area contributed by atoms with Crippen LogP contribution in [0.25, 0.3) is 0 Å². The van der Waals surface area contributed by atoms with Crippen molar-refractivity contribution in [2.24, 2.45) is 11.8 Å². The van der Waals surface area contributed by atoms with E-state index in [-0.39, 0.29) is 5.91 Å². The van der Waals surface area contributed by atoms with Crippen LogP contribution in [0.1, 0.15) is 37.8 Å². The first-order chi connectivity index (χ1) is 9.11. The van der Waals surface area contributed by atoms with E-state index < -0.39 is 0 Å². The zero-order chi connectivity index (χ0) is 14.1. The molecule has 0 bridgehead atoms. The van der Waals surface area contributed by atoms with Crippen LogP contribution in [-0.2, 0) is 22.6 Å². The number of carbonyl (C=O) groups is 1. The molecule has 3 N–H and O–H groups in total. The molecule has 0 aliphatic rings. The first kappa shape index (κ1) is 15.7. The molecule has 0 spiro atoms. The second-order valence-electron chi connectivity index (χ2n) is 5.15. The number of nitrogens with one attached hydrogen (secondary N) is 1. The zero-order valence-corrected chi connectivity index (χ0v) is 11.8. The lowest BCUT2D eigenvalue weighted by Gasteiger charge is -2.07. The van der Waals surface area contributed by atoms with Crippen molar-refractivity contribution in [3.8, 4) is 0 Å².